The number of fused-ring (bicyclic) bond motifs is 1. The van der Waals surface area contributed by atoms with Crippen LogP contribution < -0.4 is 19.9 Å². The fourth-order valence-corrected chi connectivity index (χ4v) is 2.39. The molecule has 0 aliphatic carbocycles. The van der Waals surface area contributed by atoms with Crippen LogP contribution in [-0.4, -0.2) is 19.0 Å². The summed E-state index contributed by atoms with van der Waals surface area (Å²) >= 11 is 0. The maximum Gasteiger partial charge on any atom is 0.357 e. The van der Waals surface area contributed by atoms with Gasteiger partial charge in [0.2, 0.25) is 5.52 Å². The monoisotopic (exact) mass is 298 g/mol. The van der Waals surface area contributed by atoms with Crippen LogP contribution in [0.25, 0.3) is 22.3 Å². The fraction of sp³-hybridized carbons (Fsp3) is 0.125. The molecule has 0 N–H and O–H groups in total. The standard InChI is InChI=1S/C16H14N2O4/c1-21-12-9-7-11(8-10-12)15-16(19)18(22-2)14-6-4-3-5-13(14)17(15)20/h3-10H,1-2H3. The van der Waals surface area contributed by atoms with Crippen LogP contribution in [0, 0.1) is 5.21 Å². The van der Waals surface area contributed by atoms with E-state index >= 15 is 0 Å². The molecule has 22 heavy (non-hydrogen) atoms. The molecule has 0 spiro atoms. The number of ether oxygens (including phenoxy) is 1. The molecular weight excluding hydrogens is 284 g/mol. The van der Waals surface area contributed by atoms with Crippen molar-refractivity contribution in [1.82, 2.24) is 4.73 Å². The molecule has 0 fully saturated rings. The summed E-state index contributed by atoms with van der Waals surface area (Å²) in [7, 11) is 2.94. The van der Waals surface area contributed by atoms with Crippen LogP contribution in [0.2, 0.25) is 0 Å². The summed E-state index contributed by atoms with van der Waals surface area (Å²) in [6.07, 6.45) is 0. The lowest BCUT2D eigenvalue weighted by Gasteiger charge is -2.12. The maximum absolute atomic E-state index is 12.6. The van der Waals surface area contributed by atoms with E-state index in [9.17, 15) is 10.0 Å². The average molecular weight is 298 g/mol. The van der Waals surface area contributed by atoms with E-state index in [0.29, 0.717) is 27.1 Å². The van der Waals surface area contributed by atoms with Gasteiger partial charge in [-0.05, 0) is 30.3 Å². The average Bonchev–Trinajstić information content (AvgIpc) is 2.56. The molecule has 0 unspecified atom stereocenters. The number of aromatic nitrogens is 2. The van der Waals surface area contributed by atoms with Gasteiger partial charge in [-0.25, -0.2) is 0 Å². The Balaban J connectivity index is 2.35. The summed E-state index contributed by atoms with van der Waals surface area (Å²) in [5.74, 6) is 0.647. The Bertz CT molecular complexity index is 885. The summed E-state index contributed by atoms with van der Waals surface area (Å²) in [6, 6.07) is 13.5. The van der Waals surface area contributed by atoms with E-state index in [1.54, 1.807) is 55.6 Å². The molecule has 0 aliphatic rings. The third kappa shape index (κ3) is 2.05. The number of benzene rings is 2. The minimum Gasteiger partial charge on any atom is -0.618 e. The Hall–Kier alpha value is -3.02. The SMILES string of the molecule is COc1ccc(-c2c(=O)n(OC)c3ccccc3[n+]2[O-])cc1. The number of hydrogen-bond donors (Lipinski definition) is 0. The molecule has 0 bridgehead atoms. The van der Waals surface area contributed by atoms with Gasteiger partial charge in [0.1, 0.15) is 12.9 Å². The zero-order valence-corrected chi connectivity index (χ0v) is 12.1. The zero-order valence-electron chi connectivity index (χ0n) is 12.1. The summed E-state index contributed by atoms with van der Waals surface area (Å²) in [5.41, 5.74) is 0.763. The second kappa shape index (κ2) is 5.40. The number of para-hydroxylation sites is 2. The number of methoxy groups -OCH3 is 1. The number of nitrogens with zero attached hydrogens (tertiary/aromatic N) is 2. The predicted molar refractivity (Wildman–Crippen MR) is 81.7 cm³/mol. The molecule has 0 saturated heterocycles. The van der Waals surface area contributed by atoms with Crippen LogP contribution in [0.4, 0.5) is 0 Å². The first-order valence-corrected chi connectivity index (χ1v) is 6.63. The first-order chi connectivity index (χ1) is 10.7. The van der Waals surface area contributed by atoms with Gasteiger partial charge in [-0.1, -0.05) is 12.1 Å². The summed E-state index contributed by atoms with van der Waals surface area (Å²) in [6.45, 7) is 0. The lowest BCUT2D eigenvalue weighted by atomic mass is 10.1. The molecular formula is C16H14N2O4. The van der Waals surface area contributed by atoms with Crippen LogP contribution in [0.15, 0.2) is 53.3 Å². The molecule has 1 aromatic heterocycles. The highest BCUT2D eigenvalue weighted by molar-refractivity contribution is 5.73. The molecule has 0 aliphatic heterocycles. The zero-order chi connectivity index (χ0) is 15.7. The molecule has 0 radical (unpaired) electrons. The first kappa shape index (κ1) is 13.9. The summed E-state index contributed by atoms with van der Waals surface area (Å²) in [5, 5.41) is 12.6. The first-order valence-electron chi connectivity index (χ1n) is 6.63. The summed E-state index contributed by atoms with van der Waals surface area (Å²) < 4.78 is 6.84. The van der Waals surface area contributed by atoms with E-state index < -0.39 is 5.56 Å². The van der Waals surface area contributed by atoms with Crippen LogP contribution in [0.5, 0.6) is 5.75 Å². The molecule has 6 nitrogen and oxygen atoms in total. The van der Waals surface area contributed by atoms with E-state index in [2.05, 4.69) is 0 Å². The van der Waals surface area contributed by atoms with Crippen molar-refractivity contribution in [2.24, 2.45) is 0 Å². The topological polar surface area (TPSA) is 67.4 Å². The van der Waals surface area contributed by atoms with Crippen LogP contribution >= 0.6 is 0 Å². The highest BCUT2D eigenvalue weighted by atomic mass is 16.7. The van der Waals surface area contributed by atoms with E-state index in [0.717, 1.165) is 4.73 Å². The van der Waals surface area contributed by atoms with Crippen molar-refractivity contribution in [3.8, 4) is 17.0 Å². The van der Waals surface area contributed by atoms with E-state index in [-0.39, 0.29) is 5.69 Å². The van der Waals surface area contributed by atoms with Gasteiger partial charge < -0.3 is 14.8 Å². The lowest BCUT2D eigenvalue weighted by molar-refractivity contribution is -0.566. The third-order valence-electron chi connectivity index (χ3n) is 3.46. The van der Waals surface area contributed by atoms with Crippen molar-refractivity contribution < 1.29 is 14.3 Å². The molecule has 0 amide bonds. The highest BCUT2D eigenvalue weighted by Gasteiger charge is 2.22. The molecule has 3 rings (SSSR count). The second-order valence-corrected chi connectivity index (χ2v) is 4.64. The molecule has 3 aromatic rings. The van der Waals surface area contributed by atoms with Crippen molar-refractivity contribution >= 4 is 11.0 Å². The Labute approximate surface area is 126 Å². The Morgan fingerprint density at radius 2 is 1.73 bits per heavy atom. The van der Waals surface area contributed by atoms with Gasteiger partial charge in [0.05, 0.1) is 12.7 Å². The van der Waals surface area contributed by atoms with Gasteiger partial charge in [-0.2, -0.15) is 4.73 Å². The Morgan fingerprint density at radius 1 is 1.05 bits per heavy atom. The molecule has 0 atom stereocenters. The van der Waals surface area contributed by atoms with Crippen molar-refractivity contribution in [3.05, 3.63) is 64.1 Å². The van der Waals surface area contributed by atoms with Gasteiger partial charge in [-0.15, -0.1) is 4.73 Å². The van der Waals surface area contributed by atoms with Gasteiger partial charge in [0.25, 0.3) is 5.69 Å². The van der Waals surface area contributed by atoms with E-state index in [4.69, 9.17) is 9.57 Å². The lowest BCUT2D eigenvalue weighted by Crippen LogP contribution is -2.42. The minimum absolute atomic E-state index is 0.00297. The normalized spacial score (nSPS) is 10.6. The number of hydrogen-bond acceptors (Lipinski definition) is 4. The van der Waals surface area contributed by atoms with Crippen LogP contribution in [-0.2, 0) is 0 Å². The number of rotatable bonds is 3. The van der Waals surface area contributed by atoms with Gasteiger partial charge in [0, 0.05) is 6.07 Å². The highest BCUT2D eigenvalue weighted by Crippen LogP contribution is 2.19. The predicted octanol–water partition coefficient (Wildman–Crippen LogP) is 1.37. The molecule has 0 saturated carbocycles. The maximum atomic E-state index is 12.6. The second-order valence-electron chi connectivity index (χ2n) is 4.64. The summed E-state index contributed by atoms with van der Waals surface area (Å²) in [4.78, 5) is 17.7. The van der Waals surface area contributed by atoms with Gasteiger partial charge in [-0.3, -0.25) is 4.79 Å². The van der Waals surface area contributed by atoms with Gasteiger partial charge >= 0.3 is 5.56 Å². The van der Waals surface area contributed by atoms with Crippen molar-refractivity contribution in [2.45, 2.75) is 0 Å². The fourth-order valence-electron chi connectivity index (χ4n) is 2.39. The van der Waals surface area contributed by atoms with Gasteiger partial charge in [0.15, 0.2) is 5.52 Å². The molecule has 2 aromatic carbocycles. The molecule has 112 valence electrons. The van der Waals surface area contributed by atoms with Crippen LogP contribution in [0.1, 0.15) is 0 Å². The van der Waals surface area contributed by atoms with Crippen molar-refractivity contribution in [2.75, 3.05) is 14.2 Å². The van der Waals surface area contributed by atoms with Crippen molar-refractivity contribution in [1.29, 1.82) is 0 Å². The quantitative estimate of drug-likeness (QED) is 0.541. The molecule has 6 heteroatoms. The Kier molecular flexibility index (Phi) is 3.42. The molecule has 1 heterocycles. The van der Waals surface area contributed by atoms with E-state index in [1.807, 2.05) is 0 Å². The third-order valence-corrected chi connectivity index (χ3v) is 3.46. The Morgan fingerprint density at radius 3 is 2.36 bits per heavy atom. The van der Waals surface area contributed by atoms with E-state index in [1.165, 1.54) is 7.11 Å². The smallest absolute Gasteiger partial charge is 0.357 e. The largest absolute Gasteiger partial charge is 0.618 e. The minimum atomic E-state index is -0.513. The van der Waals surface area contributed by atoms with Crippen LogP contribution in [0.3, 0.4) is 0 Å². The van der Waals surface area contributed by atoms with Crippen molar-refractivity contribution in [3.63, 3.8) is 0 Å².